The third-order valence-electron chi connectivity index (χ3n) is 4.69. The minimum absolute atomic E-state index is 0. The van der Waals surface area contributed by atoms with Crippen molar-refractivity contribution >= 4 is 29.9 Å². The van der Waals surface area contributed by atoms with Gasteiger partial charge in [0.1, 0.15) is 5.82 Å². The zero-order valence-corrected chi connectivity index (χ0v) is 18.7. The van der Waals surface area contributed by atoms with E-state index in [0.717, 1.165) is 30.2 Å². The number of benzene rings is 1. The van der Waals surface area contributed by atoms with E-state index in [-0.39, 0.29) is 29.8 Å². The van der Waals surface area contributed by atoms with Gasteiger partial charge in [-0.1, -0.05) is 13.0 Å². The second-order valence-electron chi connectivity index (χ2n) is 6.89. The summed E-state index contributed by atoms with van der Waals surface area (Å²) < 4.78 is 13.9. The molecule has 26 heavy (non-hydrogen) atoms. The molecule has 1 atom stereocenters. The molecule has 0 aliphatic carbocycles. The summed E-state index contributed by atoms with van der Waals surface area (Å²) in [6.45, 7) is 6.64. The molecule has 1 unspecified atom stereocenters. The molecule has 1 aliphatic heterocycles. The molecule has 1 aromatic rings. The fourth-order valence-electron chi connectivity index (χ4n) is 3.36. The maximum Gasteiger partial charge on any atom is 0.191 e. The van der Waals surface area contributed by atoms with Crippen LogP contribution in [0.2, 0.25) is 0 Å². The number of likely N-dealkylation sites (N-methyl/N-ethyl adjacent to an activating group) is 1. The van der Waals surface area contributed by atoms with Crippen molar-refractivity contribution in [2.75, 3.05) is 40.8 Å². The molecule has 0 bridgehead atoms. The van der Waals surface area contributed by atoms with Crippen LogP contribution in [0, 0.1) is 5.82 Å². The Morgan fingerprint density at radius 2 is 2.12 bits per heavy atom. The smallest absolute Gasteiger partial charge is 0.191 e. The third-order valence-corrected chi connectivity index (χ3v) is 4.69. The number of halogens is 2. The first-order chi connectivity index (χ1) is 12.0. The fraction of sp³-hybridized carbons (Fsp3) is 0.632. The van der Waals surface area contributed by atoms with E-state index in [2.05, 4.69) is 27.4 Å². The molecule has 2 rings (SSSR count). The monoisotopic (exact) mass is 477 g/mol. The molecule has 0 radical (unpaired) electrons. The van der Waals surface area contributed by atoms with Crippen molar-refractivity contribution in [1.29, 1.82) is 0 Å². The molecule has 0 spiro atoms. The van der Waals surface area contributed by atoms with Crippen molar-refractivity contribution in [3.8, 4) is 0 Å². The second-order valence-corrected chi connectivity index (χ2v) is 6.89. The van der Waals surface area contributed by atoms with Crippen molar-refractivity contribution in [3.63, 3.8) is 0 Å². The van der Waals surface area contributed by atoms with E-state index >= 15 is 0 Å². The highest BCUT2D eigenvalue weighted by Gasteiger charge is 2.22. The van der Waals surface area contributed by atoms with Gasteiger partial charge in [0.25, 0.3) is 0 Å². The predicted octanol–water partition coefficient (Wildman–Crippen LogP) is 2.65. The maximum absolute atomic E-state index is 13.9. The number of nitrogens with one attached hydrogen (secondary N) is 2. The van der Waals surface area contributed by atoms with Crippen LogP contribution in [-0.2, 0) is 13.1 Å². The number of rotatable bonds is 7. The molecule has 2 N–H and O–H groups in total. The first-order valence-electron chi connectivity index (χ1n) is 9.14. The Kier molecular flexibility index (Phi) is 10.4. The Labute approximate surface area is 174 Å². The van der Waals surface area contributed by atoms with Gasteiger partial charge >= 0.3 is 0 Å². The molecule has 148 valence electrons. The van der Waals surface area contributed by atoms with Gasteiger partial charge in [-0.15, -0.1) is 24.0 Å². The van der Waals surface area contributed by atoms with Crippen LogP contribution in [-0.4, -0.2) is 62.6 Å². The Morgan fingerprint density at radius 1 is 1.35 bits per heavy atom. The molecule has 1 heterocycles. The van der Waals surface area contributed by atoms with Gasteiger partial charge < -0.3 is 15.5 Å². The van der Waals surface area contributed by atoms with Crippen LogP contribution in [0.5, 0.6) is 0 Å². The van der Waals surface area contributed by atoms with Crippen LogP contribution < -0.4 is 10.6 Å². The van der Waals surface area contributed by atoms with E-state index in [4.69, 9.17) is 0 Å². The Hall–Kier alpha value is -0.930. The predicted molar refractivity (Wildman–Crippen MR) is 118 cm³/mol. The van der Waals surface area contributed by atoms with Gasteiger partial charge in [0.2, 0.25) is 0 Å². The average Bonchev–Trinajstić information content (AvgIpc) is 3.05. The van der Waals surface area contributed by atoms with E-state index in [1.54, 1.807) is 13.1 Å². The van der Waals surface area contributed by atoms with Gasteiger partial charge in [-0.25, -0.2) is 4.39 Å². The lowest BCUT2D eigenvalue weighted by atomic mass is 10.1. The van der Waals surface area contributed by atoms with E-state index in [1.807, 2.05) is 31.1 Å². The zero-order chi connectivity index (χ0) is 18.2. The van der Waals surface area contributed by atoms with Crippen LogP contribution in [0.1, 0.15) is 30.9 Å². The van der Waals surface area contributed by atoms with Crippen LogP contribution >= 0.6 is 24.0 Å². The third kappa shape index (κ3) is 7.00. The van der Waals surface area contributed by atoms with E-state index in [0.29, 0.717) is 19.1 Å². The quantitative estimate of drug-likeness (QED) is 0.360. The van der Waals surface area contributed by atoms with Gasteiger partial charge in [0, 0.05) is 38.3 Å². The molecular formula is C19H33FIN5. The lowest BCUT2D eigenvalue weighted by molar-refractivity contribution is 0.267. The van der Waals surface area contributed by atoms with Gasteiger partial charge in [-0.3, -0.25) is 9.89 Å². The Balaban J connectivity index is 0.00000338. The summed E-state index contributed by atoms with van der Waals surface area (Å²) in [5.74, 6) is 0.641. The summed E-state index contributed by atoms with van der Waals surface area (Å²) in [5, 5.41) is 6.75. The molecule has 1 saturated heterocycles. The molecule has 0 aromatic heterocycles. The molecular weight excluding hydrogens is 444 g/mol. The van der Waals surface area contributed by atoms with Crippen LogP contribution in [0.25, 0.3) is 0 Å². The number of nitrogens with zero attached hydrogens (tertiary/aromatic N) is 3. The van der Waals surface area contributed by atoms with Gasteiger partial charge in [-0.05, 0) is 57.7 Å². The van der Waals surface area contributed by atoms with E-state index in [1.165, 1.54) is 19.4 Å². The van der Waals surface area contributed by atoms with Crippen LogP contribution in [0.4, 0.5) is 4.39 Å². The molecule has 1 aromatic carbocycles. The molecule has 0 saturated carbocycles. The van der Waals surface area contributed by atoms with Crippen molar-refractivity contribution in [2.24, 2.45) is 4.99 Å². The molecule has 1 fully saturated rings. The molecule has 5 nitrogen and oxygen atoms in total. The Bertz CT molecular complexity index is 579. The second kappa shape index (κ2) is 11.7. The number of guanidine groups is 1. The largest absolute Gasteiger partial charge is 0.355 e. The zero-order valence-electron chi connectivity index (χ0n) is 16.4. The number of hydrogen-bond acceptors (Lipinski definition) is 3. The summed E-state index contributed by atoms with van der Waals surface area (Å²) in [6, 6.07) is 5.88. The SMILES string of the molecule is CCN1CCCC1CNC(=NC)NCc1ccc(F)c(CN(C)C)c1.I. The highest BCUT2D eigenvalue weighted by molar-refractivity contribution is 14.0. The minimum Gasteiger partial charge on any atom is -0.355 e. The van der Waals surface area contributed by atoms with Crippen molar-refractivity contribution < 1.29 is 4.39 Å². The maximum atomic E-state index is 13.9. The molecule has 7 heteroatoms. The number of likely N-dealkylation sites (tertiary alicyclic amines) is 1. The van der Waals surface area contributed by atoms with Crippen molar-refractivity contribution in [1.82, 2.24) is 20.4 Å². The standard InChI is InChI=1S/C19H32FN5.HI/c1-5-25-10-6-7-17(25)13-23-19(21-2)22-12-15-8-9-18(20)16(11-15)14-24(3)4;/h8-9,11,17H,5-7,10,12-14H2,1-4H3,(H2,21,22,23);1H. The van der Waals surface area contributed by atoms with E-state index < -0.39 is 0 Å². The molecule has 0 amide bonds. The lowest BCUT2D eigenvalue weighted by Crippen LogP contribution is -2.44. The lowest BCUT2D eigenvalue weighted by Gasteiger charge is -2.24. The van der Waals surface area contributed by atoms with Crippen molar-refractivity contribution in [2.45, 2.75) is 38.9 Å². The summed E-state index contributed by atoms with van der Waals surface area (Å²) >= 11 is 0. The summed E-state index contributed by atoms with van der Waals surface area (Å²) in [6.07, 6.45) is 2.51. The average molecular weight is 477 g/mol. The fourth-order valence-corrected chi connectivity index (χ4v) is 3.36. The van der Waals surface area contributed by atoms with Crippen molar-refractivity contribution in [3.05, 3.63) is 35.1 Å². The van der Waals surface area contributed by atoms with E-state index in [9.17, 15) is 4.39 Å². The molecule has 1 aliphatic rings. The number of aliphatic imine (C=N–C) groups is 1. The van der Waals surface area contributed by atoms with Gasteiger partial charge in [-0.2, -0.15) is 0 Å². The van der Waals surface area contributed by atoms with Crippen LogP contribution in [0.15, 0.2) is 23.2 Å². The first kappa shape index (κ1) is 23.1. The Morgan fingerprint density at radius 3 is 2.77 bits per heavy atom. The minimum atomic E-state index is -0.152. The highest BCUT2D eigenvalue weighted by Crippen LogP contribution is 2.15. The summed E-state index contributed by atoms with van der Waals surface area (Å²) in [4.78, 5) is 8.77. The normalized spacial score (nSPS) is 18.1. The summed E-state index contributed by atoms with van der Waals surface area (Å²) in [5.41, 5.74) is 1.77. The van der Waals surface area contributed by atoms with Gasteiger partial charge in [0.15, 0.2) is 5.96 Å². The van der Waals surface area contributed by atoms with Gasteiger partial charge in [0.05, 0.1) is 0 Å². The summed E-state index contributed by atoms with van der Waals surface area (Å²) in [7, 11) is 5.67. The first-order valence-corrected chi connectivity index (χ1v) is 9.14. The topological polar surface area (TPSA) is 42.9 Å². The highest BCUT2D eigenvalue weighted by atomic mass is 127. The van der Waals surface area contributed by atoms with Crippen LogP contribution in [0.3, 0.4) is 0 Å². The number of hydrogen-bond donors (Lipinski definition) is 2.